The number of carbonyl (C=O) groups excluding carboxylic acids is 1. The first-order valence-corrected chi connectivity index (χ1v) is 8.63. The number of hydrogen-bond donors (Lipinski definition) is 0. The third-order valence-corrected chi connectivity index (χ3v) is 5.73. The summed E-state index contributed by atoms with van der Waals surface area (Å²) in [6.45, 7) is 3.88. The summed E-state index contributed by atoms with van der Waals surface area (Å²) in [6.07, 6.45) is 3.86. The van der Waals surface area contributed by atoms with Gasteiger partial charge in [-0.3, -0.25) is 9.69 Å². The molecule has 0 unspecified atom stereocenters. The number of aryl methyl sites for hydroxylation is 1. The van der Waals surface area contributed by atoms with Crippen molar-refractivity contribution in [2.45, 2.75) is 25.9 Å². The second-order valence-electron chi connectivity index (χ2n) is 6.14. The average molecular weight is 316 g/mol. The van der Waals surface area contributed by atoms with E-state index in [-0.39, 0.29) is 5.91 Å². The Morgan fingerprint density at radius 2 is 2.23 bits per heavy atom. The highest BCUT2D eigenvalue weighted by atomic mass is 32.1. The van der Waals surface area contributed by atoms with Crippen molar-refractivity contribution < 1.29 is 4.79 Å². The Labute approximate surface area is 134 Å². The van der Waals surface area contributed by atoms with E-state index in [1.54, 1.807) is 0 Å². The topological polar surface area (TPSA) is 41.4 Å². The number of fused-ring (bicyclic) bond motifs is 2. The van der Waals surface area contributed by atoms with Crippen LogP contribution in [0.25, 0.3) is 0 Å². The number of aromatic nitrogens is 2. The van der Waals surface area contributed by atoms with E-state index in [0.717, 1.165) is 44.7 Å². The molecule has 0 atom stereocenters. The van der Waals surface area contributed by atoms with Gasteiger partial charge in [-0.1, -0.05) is 0 Å². The van der Waals surface area contributed by atoms with E-state index in [1.165, 1.54) is 16.1 Å². The zero-order chi connectivity index (χ0) is 15.1. The van der Waals surface area contributed by atoms with E-state index in [9.17, 15) is 4.79 Å². The minimum absolute atomic E-state index is 0.247. The first kappa shape index (κ1) is 14.0. The Balaban J connectivity index is 1.39. The molecule has 0 saturated carbocycles. The van der Waals surface area contributed by atoms with Crippen molar-refractivity contribution in [1.29, 1.82) is 0 Å². The van der Waals surface area contributed by atoms with Crippen molar-refractivity contribution in [3.05, 3.63) is 39.6 Å². The molecule has 5 nitrogen and oxygen atoms in total. The van der Waals surface area contributed by atoms with Crippen LogP contribution in [0.1, 0.15) is 21.8 Å². The van der Waals surface area contributed by atoms with Crippen LogP contribution in [0.5, 0.6) is 0 Å². The van der Waals surface area contributed by atoms with Gasteiger partial charge in [-0.2, -0.15) is 0 Å². The SMILES string of the molecule is Cn1cnc2c1CCN(CC(=O)N1CCc3sccc3C1)C2. The molecule has 22 heavy (non-hydrogen) atoms. The summed E-state index contributed by atoms with van der Waals surface area (Å²) in [5.41, 5.74) is 3.76. The molecule has 0 saturated heterocycles. The standard InChI is InChI=1S/C16H20N4OS/c1-18-11-17-13-9-19(5-2-14(13)18)10-16(21)20-6-3-15-12(8-20)4-7-22-15/h4,7,11H,2-3,5-6,8-10H2,1H3. The molecule has 0 radical (unpaired) electrons. The smallest absolute Gasteiger partial charge is 0.237 e. The van der Waals surface area contributed by atoms with Gasteiger partial charge in [0.05, 0.1) is 18.6 Å². The summed E-state index contributed by atoms with van der Waals surface area (Å²) in [5.74, 6) is 0.247. The fraction of sp³-hybridized carbons (Fsp3) is 0.500. The van der Waals surface area contributed by atoms with Crippen LogP contribution in [0.15, 0.2) is 17.8 Å². The maximum atomic E-state index is 12.6. The summed E-state index contributed by atoms with van der Waals surface area (Å²) in [7, 11) is 2.04. The fourth-order valence-electron chi connectivity index (χ4n) is 3.40. The van der Waals surface area contributed by atoms with E-state index >= 15 is 0 Å². The summed E-state index contributed by atoms with van der Waals surface area (Å²) < 4.78 is 2.09. The molecule has 0 aromatic carbocycles. The molecule has 2 aliphatic heterocycles. The molecule has 2 aliphatic rings. The predicted octanol–water partition coefficient (Wildman–Crippen LogP) is 1.42. The van der Waals surface area contributed by atoms with Crippen molar-refractivity contribution >= 4 is 17.2 Å². The van der Waals surface area contributed by atoms with Gasteiger partial charge in [0.1, 0.15) is 0 Å². The van der Waals surface area contributed by atoms with Gasteiger partial charge in [0.15, 0.2) is 0 Å². The van der Waals surface area contributed by atoms with Crippen molar-refractivity contribution in [1.82, 2.24) is 19.4 Å². The quantitative estimate of drug-likeness (QED) is 0.841. The molecule has 0 spiro atoms. The van der Waals surface area contributed by atoms with Crippen molar-refractivity contribution in [2.75, 3.05) is 19.6 Å². The van der Waals surface area contributed by atoms with Crippen molar-refractivity contribution in [2.24, 2.45) is 7.05 Å². The van der Waals surface area contributed by atoms with Gasteiger partial charge in [0, 0.05) is 50.2 Å². The number of rotatable bonds is 2. The second kappa shape index (κ2) is 5.52. The van der Waals surface area contributed by atoms with Crippen LogP contribution in [0.2, 0.25) is 0 Å². The lowest BCUT2D eigenvalue weighted by molar-refractivity contribution is -0.133. The molecule has 4 heterocycles. The molecule has 0 aliphatic carbocycles. The average Bonchev–Trinajstić information content (AvgIpc) is 3.13. The van der Waals surface area contributed by atoms with Crippen LogP contribution in [0.3, 0.4) is 0 Å². The zero-order valence-electron chi connectivity index (χ0n) is 12.8. The highest BCUT2D eigenvalue weighted by Gasteiger charge is 2.26. The summed E-state index contributed by atoms with van der Waals surface area (Å²) in [4.78, 5) is 22.7. The third kappa shape index (κ3) is 2.46. The van der Waals surface area contributed by atoms with E-state index in [4.69, 9.17) is 0 Å². The van der Waals surface area contributed by atoms with Crippen molar-refractivity contribution in [3.63, 3.8) is 0 Å². The number of thiophene rings is 1. The highest BCUT2D eigenvalue weighted by Crippen LogP contribution is 2.24. The first-order valence-electron chi connectivity index (χ1n) is 7.75. The number of nitrogens with zero attached hydrogens (tertiary/aromatic N) is 4. The lowest BCUT2D eigenvalue weighted by atomic mass is 10.1. The van der Waals surface area contributed by atoms with Crippen LogP contribution < -0.4 is 0 Å². The molecule has 0 fully saturated rings. The molecule has 0 N–H and O–H groups in total. The minimum Gasteiger partial charge on any atom is -0.337 e. The number of carbonyl (C=O) groups is 1. The van der Waals surface area contributed by atoms with Gasteiger partial charge >= 0.3 is 0 Å². The van der Waals surface area contributed by atoms with Gasteiger partial charge in [0.2, 0.25) is 5.91 Å². The number of hydrogen-bond acceptors (Lipinski definition) is 4. The number of amides is 1. The molecular formula is C16H20N4OS. The molecular weight excluding hydrogens is 296 g/mol. The molecule has 0 bridgehead atoms. The maximum absolute atomic E-state index is 12.6. The van der Waals surface area contributed by atoms with E-state index < -0.39 is 0 Å². The van der Waals surface area contributed by atoms with Crippen molar-refractivity contribution in [3.8, 4) is 0 Å². The Kier molecular flexibility index (Phi) is 3.50. The Morgan fingerprint density at radius 3 is 3.14 bits per heavy atom. The van der Waals surface area contributed by atoms with Gasteiger partial charge in [-0.05, 0) is 23.4 Å². The number of imidazole rings is 1. The summed E-state index contributed by atoms with van der Waals surface area (Å²) in [5, 5.41) is 2.13. The van der Waals surface area contributed by atoms with Crippen LogP contribution in [0.4, 0.5) is 0 Å². The third-order valence-electron chi connectivity index (χ3n) is 4.70. The Hall–Kier alpha value is -1.66. The molecule has 6 heteroatoms. The second-order valence-corrected chi connectivity index (χ2v) is 7.14. The lowest BCUT2D eigenvalue weighted by Gasteiger charge is -2.31. The Morgan fingerprint density at radius 1 is 1.32 bits per heavy atom. The summed E-state index contributed by atoms with van der Waals surface area (Å²) in [6, 6.07) is 2.15. The lowest BCUT2D eigenvalue weighted by Crippen LogP contribution is -2.44. The molecule has 2 aromatic rings. The van der Waals surface area contributed by atoms with E-state index in [0.29, 0.717) is 6.54 Å². The molecule has 2 aromatic heterocycles. The van der Waals surface area contributed by atoms with E-state index in [2.05, 4.69) is 25.9 Å². The maximum Gasteiger partial charge on any atom is 0.237 e. The van der Waals surface area contributed by atoms with Gasteiger partial charge in [-0.25, -0.2) is 4.98 Å². The molecule has 116 valence electrons. The largest absolute Gasteiger partial charge is 0.337 e. The zero-order valence-corrected chi connectivity index (χ0v) is 13.6. The van der Waals surface area contributed by atoms with Crippen LogP contribution in [-0.2, 0) is 37.8 Å². The van der Waals surface area contributed by atoms with Gasteiger partial charge in [0.25, 0.3) is 0 Å². The van der Waals surface area contributed by atoms with Crippen LogP contribution in [0, 0.1) is 0 Å². The molecule has 4 rings (SSSR count). The normalized spacial score (nSPS) is 18.1. The van der Waals surface area contributed by atoms with Crippen LogP contribution >= 0.6 is 11.3 Å². The van der Waals surface area contributed by atoms with Gasteiger partial charge < -0.3 is 9.47 Å². The summed E-state index contributed by atoms with van der Waals surface area (Å²) >= 11 is 1.81. The minimum atomic E-state index is 0.247. The molecule has 1 amide bonds. The van der Waals surface area contributed by atoms with Gasteiger partial charge in [-0.15, -0.1) is 11.3 Å². The van der Waals surface area contributed by atoms with Crippen LogP contribution in [-0.4, -0.2) is 44.9 Å². The Bertz CT molecular complexity index is 705. The fourth-order valence-corrected chi connectivity index (χ4v) is 4.29. The predicted molar refractivity (Wildman–Crippen MR) is 85.6 cm³/mol. The highest BCUT2D eigenvalue weighted by molar-refractivity contribution is 7.10. The monoisotopic (exact) mass is 316 g/mol. The van der Waals surface area contributed by atoms with E-state index in [1.807, 2.05) is 29.6 Å². The first-order chi connectivity index (χ1) is 10.7.